The van der Waals surface area contributed by atoms with E-state index >= 15 is 0 Å². The van der Waals surface area contributed by atoms with Gasteiger partial charge < -0.3 is 20.1 Å². The first-order valence-electron chi connectivity index (χ1n) is 9.69. The van der Waals surface area contributed by atoms with Gasteiger partial charge in [-0.3, -0.25) is 4.79 Å². The Bertz CT molecular complexity index is 1140. The number of carbonyl (C=O) groups is 3. The van der Waals surface area contributed by atoms with Crippen LogP contribution in [0.3, 0.4) is 0 Å². The Hall–Kier alpha value is -3.52. The lowest BCUT2D eigenvalue weighted by Gasteiger charge is -2.42. The van der Waals surface area contributed by atoms with Crippen molar-refractivity contribution in [3.8, 4) is 5.75 Å². The van der Waals surface area contributed by atoms with E-state index in [1.54, 1.807) is 24.0 Å². The number of anilines is 1. The number of hydrogen-bond acceptors (Lipinski definition) is 8. The highest BCUT2D eigenvalue weighted by Crippen LogP contribution is 2.52. The van der Waals surface area contributed by atoms with Gasteiger partial charge in [0.15, 0.2) is 5.78 Å². The molecule has 2 aliphatic heterocycles. The first kappa shape index (κ1) is 20.7. The Kier molecular flexibility index (Phi) is 5.56. The molecule has 0 aromatic heterocycles. The minimum atomic E-state index is -0.735. The molecular weight excluding hydrogens is 416 g/mol. The van der Waals surface area contributed by atoms with Gasteiger partial charge in [-0.25, -0.2) is 9.59 Å². The van der Waals surface area contributed by atoms with Gasteiger partial charge >= 0.3 is 11.9 Å². The highest BCUT2D eigenvalue weighted by atomic mass is 32.2. The minimum absolute atomic E-state index is 0.117. The molecule has 0 fully saturated rings. The van der Waals surface area contributed by atoms with Gasteiger partial charge in [0, 0.05) is 11.3 Å². The van der Waals surface area contributed by atoms with Crippen LogP contribution in [-0.2, 0) is 19.1 Å². The van der Waals surface area contributed by atoms with Crippen LogP contribution in [0, 0.1) is 0 Å². The van der Waals surface area contributed by atoms with Crippen molar-refractivity contribution in [2.75, 3.05) is 11.5 Å². The third-order valence-electron chi connectivity index (χ3n) is 4.94. The number of nitrogens with zero attached hydrogens (tertiary/aromatic N) is 1. The van der Waals surface area contributed by atoms with Crippen LogP contribution in [-0.4, -0.2) is 24.3 Å². The van der Waals surface area contributed by atoms with E-state index in [0.29, 0.717) is 22.0 Å². The molecular formula is C23H20N2O5S. The average Bonchev–Trinajstić information content (AvgIpc) is 2.74. The molecule has 2 aromatic rings. The second-order valence-electron chi connectivity index (χ2n) is 6.87. The number of nitrogens with two attached hydrogens (primary N) is 1. The molecule has 0 spiro atoms. The molecule has 2 heterocycles. The van der Waals surface area contributed by atoms with Gasteiger partial charge in [0.25, 0.3) is 0 Å². The summed E-state index contributed by atoms with van der Waals surface area (Å²) in [5, 5.41) is 0.489. The SMILES string of the molecule is CCOC(=O)/C(C(C)=O)=C1\SC(N)=C2C(=O)Oc3ccccc3[C@@H]2N1c1ccccc1. The summed E-state index contributed by atoms with van der Waals surface area (Å²) in [6.45, 7) is 3.10. The van der Waals surface area contributed by atoms with E-state index in [-0.39, 0.29) is 22.8 Å². The van der Waals surface area contributed by atoms with Crippen molar-refractivity contribution >= 4 is 35.2 Å². The smallest absolute Gasteiger partial charge is 0.344 e. The molecule has 31 heavy (non-hydrogen) atoms. The van der Waals surface area contributed by atoms with E-state index in [0.717, 1.165) is 11.8 Å². The summed E-state index contributed by atoms with van der Waals surface area (Å²) < 4.78 is 10.7. The Morgan fingerprint density at radius 3 is 2.48 bits per heavy atom. The standard InChI is InChI=1S/C23H20N2O5S/c1-3-29-22(27)17(13(2)26)21-25(14-9-5-4-6-10-14)19-15-11-7-8-12-16(15)30-23(28)18(19)20(24)31-21/h4-12,19H,3,24H2,1-2H3/b21-17-/t19-/m0/s1. The largest absolute Gasteiger partial charge is 0.462 e. The summed E-state index contributed by atoms with van der Waals surface area (Å²) in [6.07, 6.45) is 0. The number of Topliss-reactive ketones (excluding diaryl/α,β-unsaturated/α-hetero) is 1. The number of ether oxygens (including phenoxy) is 2. The van der Waals surface area contributed by atoms with Crippen LogP contribution in [0.25, 0.3) is 0 Å². The number of ketones is 1. The zero-order chi connectivity index (χ0) is 22.1. The topological polar surface area (TPSA) is 98.9 Å². The van der Waals surface area contributed by atoms with E-state index in [1.807, 2.05) is 42.5 Å². The molecule has 158 valence electrons. The number of thioether (sulfide) groups is 1. The quantitative estimate of drug-likeness (QED) is 0.256. The number of hydrogen-bond donors (Lipinski definition) is 1. The maximum atomic E-state index is 12.9. The van der Waals surface area contributed by atoms with E-state index in [1.165, 1.54) is 6.92 Å². The van der Waals surface area contributed by atoms with Crippen LogP contribution in [0.4, 0.5) is 5.69 Å². The first-order chi connectivity index (χ1) is 14.9. The van der Waals surface area contributed by atoms with E-state index in [9.17, 15) is 14.4 Å². The second-order valence-corrected chi connectivity index (χ2v) is 7.90. The van der Waals surface area contributed by atoms with Gasteiger partial charge in [-0.05, 0) is 32.0 Å². The first-order valence-corrected chi connectivity index (χ1v) is 10.5. The van der Waals surface area contributed by atoms with Crippen molar-refractivity contribution in [3.63, 3.8) is 0 Å². The van der Waals surface area contributed by atoms with E-state index in [4.69, 9.17) is 15.2 Å². The van der Waals surface area contributed by atoms with Crippen molar-refractivity contribution in [1.29, 1.82) is 0 Å². The van der Waals surface area contributed by atoms with Crippen molar-refractivity contribution in [1.82, 2.24) is 0 Å². The zero-order valence-corrected chi connectivity index (χ0v) is 17.8. The fraction of sp³-hybridized carbons (Fsp3) is 0.174. The summed E-state index contributed by atoms with van der Waals surface area (Å²) in [6, 6.07) is 15.7. The number of rotatable bonds is 4. The van der Waals surface area contributed by atoms with Gasteiger partial charge in [-0.15, -0.1) is 0 Å². The molecule has 0 radical (unpaired) electrons. The average molecular weight is 436 g/mol. The fourth-order valence-corrected chi connectivity index (χ4v) is 4.81. The number of benzene rings is 2. The molecule has 4 rings (SSSR count). The third kappa shape index (κ3) is 3.59. The normalized spacial score (nSPS) is 19.2. The molecule has 2 aromatic carbocycles. The van der Waals surface area contributed by atoms with E-state index in [2.05, 4.69) is 0 Å². The van der Waals surface area contributed by atoms with Crippen molar-refractivity contribution in [2.24, 2.45) is 5.73 Å². The Labute approximate surface area is 183 Å². The number of esters is 2. The molecule has 8 heteroatoms. The summed E-state index contributed by atoms with van der Waals surface area (Å²) in [5.74, 6) is -1.35. The summed E-state index contributed by atoms with van der Waals surface area (Å²) in [7, 11) is 0. The third-order valence-corrected chi connectivity index (χ3v) is 5.97. The molecule has 0 saturated carbocycles. The summed E-state index contributed by atoms with van der Waals surface area (Å²) in [5.41, 5.74) is 7.84. The van der Waals surface area contributed by atoms with Gasteiger partial charge in [0.1, 0.15) is 16.4 Å². The van der Waals surface area contributed by atoms with Crippen LogP contribution in [0.5, 0.6) is 5.75 Å². The lowest BCUT2D eigenvalue weighted by Crippen LogP contribution is -2.41. The molecule has 0 unspecified atom stereocenters. The van der Waals surface area contributed by atoms with E-state index < -0.39 is 23.8 Å². The fourth-order valence-electron chi connectivity index (χ4n) is 3.66. The molecule has 0 amide bonds. The molecule has 2 N–H and O–H groups in total. The van der Waals surface area contributed by atoms with Gasteiger partial charge in [0.05, 0.1) is 23.3 Å². The van der Waals surface area contributed by atoms with Gasteiger partial charge in [-0.2, -0.15) is 0 Å². The lowest BCUT2D eigenvalue weighted by molar-refractivity contribution is -0.139. The van der Waals surface area contributed by atoms with Crippen LogP contribution >= 0.6 is 11.8 Å². The van der Waals surface area contributed by atoms with Gasteiger partial charge in [0.2, 0.25) is 0 Å². The molecule has 1 atom stereocenters. The minimum Gasteiger partial charge on any atom is -0.462 e. The highest BCUT2D eigenvalue weighted by Gasteiger charge is 2.45. The molecule has 0 aliphatic carbocycles. The lowest BCUT2D eigenvalue weighted by atomic mass is 9.93. The second kappa shape index (κ2) is 8.31. The number of fused-ring (bicyclic) bond motifs is 3. The Morgan fingerprint density at radius 2 is 1.81 bits per heavy atom. The van der Waals surface area contributed by atoms with Crippen LogP contribution < -0.4 is 15.4 Å². The molecule has 0 bridgehead atoms. The number of para-hydroxylation sites is 2. The van der Waals surface area contributed by atoms with Crippen LogP contribution in [0.2, 0.25) is 0 Å². The van der Waals surface area contributed by atoms with Crippen molar-refractivity contribution < 1.29 is 23.9 Å². The Balaban J connectivity index is 2.05. The highest BCUT2D eigenvalue weighted by molar-refractivity contribution is 8.07. The monoisotopic (exact) mass is 436 g/mol. The molecule has 0 saturated heterocycles. The molecule has 2 aliphatic rings. The zero-order valence-electron chi connectivity index (χ0n) is 17.0. The maximum Gasteiger partial charge on any atom is 0.344 e. The summed E-state index contributed by atoms with van der Waals surface area (Å²) >= 11 is 0.984. The van der Waals surface area contributed by atoms with Crippen molar-refractivity contribution in [3.05, 3.63) is 81.4 Å². The van der Waals surface area contributed by atoms with Crippen LogP contribution in [0.15, 0.2) is 75.8 Å². The summed E-state index contributed by atoms with van der Waals surface area (Å²) in [4.78, 5) is 39.9. The predicted molar refractivity (Wildman–Crippen MR) is 117 cm³/mol. The van der Waals surface area contributed by atoms with Crippen molar-refractivity contribution in [2.45, 2.75) is 19.9 Å². The molecule has 7 nitrogen and oxygen atoms in total. The Morgan fingerprint density at radius 1 is 1.13 bits per heavy atom. The van der Waals surface area contributed by atoms with Crippen LogP contribution in [0.1, 0.15) is 25.5 Å². The predicted octanol–water partition coefficient (Wildman–Crippen LogP) is 3.43. The maximum absolute atomic E-state index is 12.9. The van der Waals surface area contributed by atoms with Gasteiger partial charge in [-0.1, -0.05) is 48.2 Å². The number of carbonyl (C=O) groups excluding carboxylic acids is 3.